The highest BCUT2D eigenvalue weighted by Gasteiger charge is 2.32. The van der Waals surface area contributed by atoms with Gasteiger partial charge in [-0.25, -0.2) is 4.98 Å². The standard InChI is InChI=1S/C11H17N3O/c12-7-1-2-10-11(3-7)14(6-13-10)8-4-9(15)5-8/h6-9,15H,1-5,12H2/t7?,8-,9+. The van der Waals surface area contributed by atoms with Gasteiger partial charge in [-0.3, -0.25) is 0 Å². The summed E-state index contributed by atoms with van der Waals surface area (Å²) in [5.41, 5.74) is 8.51. The van der Waals surface area contributed by atoms with E-state index in [1.165, 1.54) is 11.4 Å². The van der Waals surface area contributed by atoms with Crippen molar-refractivity contribution in [1.82, 2.24) is 9.55 Å². The Bertz CT molecular complexity index is 368. The molecule has 2 aliphatic rings. The molecule has 0 amide bonds. The first-order valence-corrected chi connectivity index (χ1v) is 5.72. The van der Waals surface area contributed by atoms with E-state index in [0.29, 0.717) is 6.04 Å². The fourth-order valence-corrected chi connectivity index (χ4v) is 2.63. The molecule has 1 unspecified atom stereocenters. The fourth-order valence-electron chi connectivity index (χ4n) is 2.63. The van der Waals surface area contributed by atoms with Crippen LogP contribution < -0.4 is 5.73 Å². The third-order valence-electron chi connectivity index (χ3n) is 3.67. The number of nitrogens with zero attached hydrogens (tertiary/aromatic N) is 2. The number of aryl methyl sites for hydroxylation is 1. The fraction of sp³-hybridized carbons (Fsp3) is 0.727. The molecule has 1 atom stereocenters. The zero-order valence-corrected chi connectivity index (χ0v) is 8.76. The van der Waals surface area contributed by atoms with Gasteiger partial charge >= 0.3 is 0 Å². The van der Waals surface area contributed by atoms with Crippen molar-refractivity contribution in [2.45, 2.75) is 50.3 Å². The van der Waals surface area contributed by atoms with E-state index in [1.807, 2.05) is 6.33 Å². The maximum absolute atomic E-state index is 9.31. The molecule has 0 aromatic carbocycles. The molecule has 3 N–H and O–H groups in total. The SMILES string of the molecule is NC1CCc2ncn([C@H]3C[C@@H](O)C3)c2C1. The summed E-state index contributed by atoms with van der Waals surface area (Å²) in [6, 6.07) is 0.750. The molecule has 1 aromatic rings. The molecule has 0 aliphatic heterocycles. The van der Waals surface area contributed by atoms with E-state index in [2.05, 4.69) is 9.55 Å². The second kappa shape index (κ2) is 3.32. The van der Waals surface area contributed by atoms with Crippen molar-refractivity contribution in [1.29, 1.82) is 0 Å². The van der Waals surface area contributed by atoms with Gasteiger partial charge < -0.3 is 15.4 Å². The minimum absolute atomic E-state index is 0.106. The zero-order chi connectivity index (χ0) is 10.4. The summed E-state index contributed by atoms with van der Waals surface area (Å²) in [7, 11) is 0. The summed E-state index contributed by atoms with van der Waals surface area (Å²) < 4.78 is 2.24. The minimum atomic E-state index is -0.106. The Morgan fingerprint density at radius 1 is 1.47 bits per heavy atom. The number of aromatic nitrogens is 2. The molecule has 0 radical (unpaired) electrons. The third kappa shape index (κ3) is 1.48. The molecular weight excluding hydrogens is 190 g/mol. The molecule has 0 saturated heterocycles. The molecule has 4 heteroatoms. The molecule has 82 valence electrons. The average Bonchev–Trinajstić information content (AvgIpc) is 2.56. The molecule has 0 bridgehead atoms. The van der Waals surface area contributed by atoms with Gasteiger partial charge in [-0.1, -0.05) is 0 Å². The van der Waals surface area contributed by atoms with Crippen molar-refractivity contribution >= 4 is 0 Å². The summed E-state index contributed by atoms with van der Waals surface area (Å²) in [6.07, 6.45) is 6.58. The van der Waals surface area contributed by atoms with E-state index in [1.54, 1.807) is 0 Å². The second-order valence-corrected chi connectivity index (χ2v) is 4.83. The second-order valence-electron chi connectivity index (χ2n) is 4.83. The van der Waals surface area contributed by atoms with E-state index in [9.17, 15) is 5.11 Å². The van der Waals surface area contributed by atoms with Gasteiger partial charge in [0.15, 0.2) is 0 Å². The normalized spacial score (nSPS) is 34.7. The number of hydrogen-bond donors (Lipinski definition) is 2. The molecule has 0 spiro atoms. The van der Waals surface area contributed by atoms with Crippen LogP contribution >= 0.6 is 0 Å². The van der Waals surface area contributed by atoms with Gasteiger partial charge in [0.05, 0.1) is 18.1 Å². The van der Waals surface area contributed by atoms with Gasteiger partial charge in [0.1, 0.15) is 0 Å². The smallest absolute Gasteiger partial charge is 0.0954 e. The number of hydrogen-bond acceptors (Lipinski definition) is 3. The van der Waals surface area contributed by atoms with E-state index >= 15 is 0 Å². The molecule has 1 saturated carbocycles. The predicted octanol–water partition coefficient (Wildman–Crippen LogP) is 0.395. The van der Waals surface area contributed by atoms with E-state index in [4.69, 9.17) is 5.73 Å². The first kappa shape index (κ1) is 9.36. The van der Waals surface area contributed by atoms with Crippen LogP contribution in [0.5, 0.6) is 0 Å². The quantitative estimate of drug-likeness (QED) is 0.700. The Morgan fingerprint density at radius 2 is 2.27 bits per heavy atom. The summed E-state index contributed by atoms with van der Waals surface area (Å²) in [5.74, 6) is 0. The van der Waals surface area contributed by atoms with Crippen molar-refractivity contribution in [3.63, 3.8) is 0 Å². The van der Waals surface area contributed by atoms with Crippen LogP contribution in [0.15, 0.2) is 6.33 Å². The maximum atomic E-state index is 9.31. The van der Waals surface area contributed by atoms with Gasteiger partial charge in [-0.05, 0) is 25.7 Å². The van der Waals surface area contributed by atoms with E-state index < -0.39 is 0 Å². The van der Waals surface area contributed by atoms with Crippen LogP contribution in [0.4, 0.5) is 0 Å². The first-order valence-electron chi connectivity index (χ1n) is 5.72. The molecular formula is C11H17N3O. The molecule has 1 fully saturated rings. The van der Waals surface area contributed by atoms with Crippen LogP contribution in [0.1, 0.15) is 36.7 Å². The lowest BCUT2D eigenvalue weighted by atomic mass is 9.88. The molecule has 15 heavy (non-hydrogen) atoms. The highest BCUT2D eigenvalue weighted by Crippen LogP contribution is 2.35. The summed E-state index contributed by atoms with van der Waals surface area (Å²) in [6.45, 7) is 0. The lowest BCUT2D eigenvalue weighted by molar-refractivity contribution is 0.0472. The van der Waals surface area contributed by atoms with Crippen molar-refractivity contribution in [3.8, 4) is 0 Å². The Morgan fingerprint density at radius 3 is 3.00 bits per heavy atom. The topological polar surface area (TPSA) is 64.1 Å². The number of aliphatic hydroxyl groups is 1. The van der Waals surface area contributed by atoms with Crippen LogP contribution in [0, 0.1) is 0 Å². The third-order valence-corrected chi connectivity index (χ3v) is 3.67. The minimum Gasteiger partial charge on any atom is -0.393 e. The maximum Gasteiger partial charge on any atom is 0.0954 e. The van der Waals surface area contributed by atoms with Gasteiger partial charge in [-0.2, -0.15) is 0 Å². The van der Waals surface area contributed by atoms with Gasteiger partial charge in [0.25, 0.3) is 0 Å². The van der Waals surface area contributed by atoms with Crippen LogP contribution in [-0.4, -0.2) is 26.8 Å². The summed E-state index contributed by atoms with van der Waals surface area (Å²) in [4.78, 5) is 4.44. The number of nitrogens with two attached hydrogens (primary N) is 1. The summed E-state index contributed by atoms with van der Waals surface area (Å²) in [5, 5.41) is 9.31. The van der Waals surface area contributed by atoms with Crippen molar-refractivity contribution in [3.05, 3.63) is 17.7 Å². The lowest BCUT2D eigenvalue weighted by Gasteiger charge is -2.34. The zero-order valence-electron chi connectivity index (χ0n) is 8.76. The molecule has 1 aromatic heterocycles. The molecule has 1 heterocycles. The van der Waals surface area contributed by atoms with Crippen molar-refractivity contribution < 1.29 is 5.11 Å². The van der Waals surface area contributed by atoms with Crippen molar-refractivity contribution in [2.24, 2.45) is 5.73 Å². The first-order chi connectivity index (χ1) is 7.24. The molecule has 2 aliphatic carbocycles. The van der Waals surface area contributed by atoms with Crippen LogP contribution in [-0.2, 0) is 12.8 Å². The Labute approximate surface area is 89.1 Å². The molecule has 3 rings (SSSR count). The van der Waals surface area contributed by atoms with Crippen molar-refractivity contribution in [2.75, 3.05) is 0 Å². The van der Waals surface area contributed by atoms with E-state index in [-0.39, 0.29) is 12.1 Å². The Kier molecular flexibility index (Phi) is 2.07. The van der Waals surface area contributed by atoms with Crippen LogP contribution in [0.2, 0.25) is 0 Å². The van der Waals surface area contributed by atoms with E-state index in [0.717, 1.165) is 32.1 Å². The largest absolute Gasteiger partial charge is 0.393 e. The Hall–Kier alpha value is -0.870. The summed E-state index contributed by atoms with van der Waals surface area (Å²) >= 11 is 0. The highest BCUT2D eigenvalue weighted by atomic mass is 16.3. The number of fused-ring (bicyclic) bond motifs is 1. The lowest BCUT2D eigenvalue weighted by Crippen LogP contribution is -2.34. The van der Waals surface area contributed by atoms with Gasteiger partial charge in [0, 0.05) is 24.2 Å². The van der Waals surface area contributed by atoms with Gasteiger partial charge in [-0.15, -0.1) is 0 Å². The number of imidazole rings is 1. The van der Waals surface area contributed by atoms with Crippen LogP contribution in [0.3, 0.4) is 0 Å². The number of aliphatic hydroxyl groups excluding tert-OH is 1. The van der Waals surface area contributed by atoms with Gasteiger partial charge in [0.2, 0.25) is 0 Å². The average molecular weight is 207 g/mol. The Balaban J connectivity index is 1.87. The highest BCUT2D eigenvalue weighted by molar-refractivity contribution is 5.20. The molecule has 4 nitrogen and oxygen atoms in total. The predicted molar refractivity (Wildman–Crippen MR) is 56.5 cm³/mol. The monoisotopic (exact) mass is 207 g/mol. The van der Waals surface area contributed by atoms with Crippen LogP contribution in [0.25, 0.3) is 0 Å². The number of rotatable bonds is 1.